The SMILES string of the molecule is CC(C)(CN)c1cc2c3c(c1)CCC(=O)N3CCC2. The molecule has 2 heterocycles. The van der Waals surface area contributed by atoms with E-state index in [0.717, 1.165) is 25.8 Å². The lowest BCUT2D eigenvalue weighted by Crippen LogP contribution is -2.39. The summed E-state index contributed by atoms with van der Waals surface area (Å²) in [4.78, 5) is 14.0. The average Bonchev–Trinajstić information content (AvgIpc) is 2.42. The van der Waals surface area contributed by atoms with Gasteiger partial charge >= 0.3 is 0 Å². The van der Waals surface area contributed by atoms with Crippen LogP contribution in [0.1, 0.15) is 43.4 Å². The van der Waals surface area contributed by atoms with Crippen molar-refractivity contribution >= 4 is 11.6 Å². The van der Waals surface area contributed by atoms with Crippen molar-refractivity contribution in [1.82, 2.24) is 0 Å². The van der Waals surface area contributed by atoms with E-state index >= 15 is 0 Å². The molecule has 1 amide bonds. The first-order chi connectivity index (χ1) is 9.03. The Morgan fingerprint density at radius 2 is 1.89 bits per heavy atom. The maximum Gasteiger partial charge on any atom is 0.227 e. The Balaban J connectivity index is 2.14. The standard InChI is InChI=1S/C16H22N2O/c1-16(2,10-17)13-8-11-4-3-7-18-14(19)6-5-12(9-13)15(11)18/h8-9H,3-7,10,17H2,1-2H3. The van der Waals surface area contributed by atoms with Gasteiger partial charge in [-0.25, -0.2) is 0 Å². The Kier molecular flexibility index (Phi) is 2.90. The molecule has 3 nitrogen and oxygen atoms in total. The lowest BCUT2D eigenvalue weighted by molar-refractivity contribution is -0.119. The van der Waals surface area contributed by atoms with Gasteiger partial charge in [0, 0.05) is 24.9 Å². The molecule has 0 atom stereocenters. The molecule has 0 bridgehead atoms. The smallest absolute Gasteiger partial charge is 0.227 e. The Morgan fingerprint density at radius 1 is 1.21 bits per heavy atom. The molecule has 19 heavy (non-hydrogen) atoms. The number of nitrogens with zero attached hydrogens (tertiary/aromatic N) is 1. The fourth-order valence-corrected chi connectivity index (χ4v) is 3.16. The molecule has 0 unspecified atom stereocenters. The van der Waals surface area contributed by atoms with Gasteiger partial charge in [0.1, 0.15) is 0 Å². The van der Waals surface area contributed by atoms with Crippen LogP contribution in [0.2, 0.25) is 0 Å². The highest BCUT2D eigenvalue weighted by molar-refractivity contribution is 5.97. The second-order valence-corrected chi connectivity index (χ2v) is 6.38. The van der Waals surface area contributed by atoms with Crippen LogP contribution in [-0.4, -0.2) is 19.0 Å². The Labute approximate surface area is 114 Å². The zero-order valence-electron chi connectivity index (χ0n) is 11.8. The third kappa shape index (κ3) is 1.96. The van der Waals surface area contributed by atoms with Crippen molar-refractivity contribution in [3.05, 3.63) is 28.8 Å². The quantitative estimate of drug-likeness (QED) is 0.883. The largest absolute Gasteiger partial charge is 0.330 e. The number of aryl methyl sites for hydroxylation is 2. The van der Waals surface area contributed by atoms with Gasteiger partial charge in [0.05, 0.1) is 5.69 Å². The van der Waals surface area contributed by atoms with Crippen LogP contribution in [0.3, 0.4) is 0 Å². The first kappa shape index (κ1) is 12.7. The van der Waals surface area contributed by atoms with Crippen molar-refractivity contribution in [3.8, 4) is 0 Å². The maximum absolute atomic E-state index is 12.0. The Hall–Kier alpha value is -1.35. The van der Waals surface area contributed by atoms with Crippen molar-refractivity contribution in [1.29, 1.82) is 0 Å². The van der Waals surface area contributed by atoms with Gasteiger partial charge in [0.25, 0.3) is 0 Å². The summed E-state index contributed by atoms with van der Waals surface area (Å²) in [5.41, 5.74) is 11.1. The van der Waals surface area contributed by atoms with Gasteiger partial charge < -0.3 is 10.6 Å². The van der Waals surface area contributed by atoms with E-state index in [1.165, 1.54) is 22.4 Å². The zero-order chi connectivity index (χ0) is 13.6. The van der Waals surface area contributed by atoms with Crippen LogP contribution in [0.5, 0.6) is 0 Å². The van der Waals surface area contributed by atoms with Crippen LogP contribution in [0.25, 0.3) is 0 Å². The van der Waals surface area contributed by atoms with E-state index in [9.17, 15) is 4.79 Å². The molecular weight excluding hydrogens is 236 g/mol. The van der Waals surface area contributed by atoms with Crippen molar-refractivity contribution in [2.24, 2.45) is 5.73 Å². The van der Waals surface area contributed by atoms with Crippen LogP contribution in [0.4, 0.5) is 5.69 Å². The minimum atomic E-state index is 0.00919. The lowest BCUT2D eigenvalue weighted by atomic mass is 9.80. The minimum Gasteiger partial charge on any atom is -0.330 e. The second kappa shape index (κ2) is 4.34. The molecule has 0 spiro atoms. The van der Waals surface area contributed by atoms with Crippen LogP contribution in [0.15, 0.2) is 12.1 Å². The number of nitrogens with two attached hydrogens (primary N) is 1. The monoisotopic (exact) mass is 258 g/mol. The minimum absolute atomic E-state index is 0.00919. The molecule has 0 aromatic heterocycles. The summed E-state index contributed by atoms with van der Waals surface area (Å²) in [5, 5.41) is 0. The lowest BCUT2D eigenvalue weighted by Gasteiger charge is -2.37. The Bertz CT molecular complexity index is 517. The number of carbonyl (C=O) groups is 1. The molecule has 1 aromatic rings. The van der Waals surface area contributed by atoms with Gasteiger partial charge in [-0.1, -0.05) is 26.0 Å². The van der Waals surface area contributed by atoms with E-state index < -0.39 is 0 Å². The molecule has 0 saturated heterocycles. The molecule has 2 aliphatic heterocycles. The molecule has 0 aliphatic carbocycles. The summed E-state index contributed by atoms with van der Waals surface area (Å²) in [6.07, 6.45) is 3.69. The summed E-state index contributed by atoms with van der Waals surface area (Å²) in [6.45, 7) is 5.92. The first-order valence-electron chi connectivity index (χ1n) is 7.19. The van der Waals surface area contributed by atoms with Gasteiger partial charge in [-0.05, 0) is 36.0 Å². The molecule has 2 N–H and O–H groups in total. The molecular formula is C16H22N2O. The molecule has 0 fully saturated rings. The topological polar surface area (TPSA) is 46.3 Å². The molecule has 2 aliphatic rings. The van der Waals surface area contributed by atoms with E-state index in [0.29, 0.717) is 18.9 Å². The van der Waals surface area contributed by atoms with Crippen molar-refractivity contribution < 1.29 is 4.79 Å². The van der Waals surface area contributed by atoms with Gasteiger partial charge in [-0.2, -0.15) is 0 Å². The fraction of sp³-hybridized carbons (Fsp3) is 0.562. The highest BCUT2D eigenvalue weighted by Gasteiger charge is 2.31. The predicted octanol–water partition coefficient (Wildman–Crippen LogP) is 2.15. The summed E-state index contributed by atoms with van der Waals surface area (Å²) < 4.78 is 0. The number of amides is 1. The van der Waals surface area contributed by atoms with Crippen molar-refractivity contribution in [2.45, 2.75) is 44.9 Å². The molecule has 1 aromatic carbocycles. The van der Waals surface area contributed by atoms with Crippen LogP contribution >= 0.6 is 0 Å². The number of rotatable bonds is 2. The van der Waals surface area contributed by atoms with E-state index in [4.69, 9.17) is 5.73 Å². The number of hydrogen-bond donors (Lipinski definition) is 1. The van der Waals surface area contributed by atoms with E-state index in [1.807, 2.05) is 4.90 Å². The van der Waals surface area contributed by atoms with Gasteiger partial charge in [-0.3, -0.25) is 4.79 Å². The highest BCUT2D eigenvalue weighted by Crippen LogP contribution is 2.38. The molecule has 0 radical (unpaired) electrons. The van der Waals surface area contributed by atoms with E-state index in [1.54, 1.807) is 0 Å². The third-order valence-electron chi connectivity index (χ3n) is 4.57. The first-order valence-corrected chi connectivity index (χ1v) is 7.19. The van der Waals surface area contributed by atoms with Crippen LogP contribution < -0.4 is 10.6 Å². The van der Waals surface area contributed by atoms with Crippen LogP contribution in [0, 0.1) is 0 Å². The number of hydrogen-bond acceptors (Lipinski definition) is 2. The average molecular weight is 258 g/mol. The summed E-state index contributed by atoms with van der Waals surface area (Å²) in [7, 11) is 0. The van der Waals surface area contributed by atoms with Gasteiger partial charge in [0.15, 0.2) is 0 Å². The molecule has 0 saturated carbocycles. The number of carbonyl (C=O) groups excluding carboxylic acids is 1. The zero-order valence-corrected chi connectivity index (χ0v) is 11.8. The Morgan fingerprint density at radius 3 is 2.58 bits per heavy atom. The summed E-state index contributed by atoms with van der Waals surface area (Å²) in [6, 6.07) is 4.55. The van der Waals surface area contributed by atoms with Gasteiger partial charge in [0.2, 0.25) is 5.91 Å². The van der Waals surface area contributed by atoms with Crippen LogP contribution in [-0.2, 0) is 23.1 Å². The summed E-state index contributed by atoms with van der Waals surface area (Å²) >= 11 is 0. The predicted molar refractivity (Wildman–Crippen MR) is 77.5 cm³/mol. The van der Waals surface area contributed by atoms with Crippen molar-refractivity contribution in [2.75, 3.05) is 18.0 Å². The van der Waals surface area contributed by atoms with E-state index in [-0.39, 0.29) is 5.41 Å². The molecule has 3 heteroatoms. The summed E-state index contributed by atoms with van der Waals surface area (Å²) in [5.74, 6) is 0.291. The molecule has 102 valence electrons. The van der Waals surface area contributed by atoms with Crippen molar-refractivity contribution in [3.63, 3.8) is 0 Å². The molecule has 3 rings (SSSR count). The normalized spacial score (nSPS) is 18.5. The highest BCUT2D eigenvalue weighted by atomic mass is 16.2. The maximum atomic E-state index is 12.0. The van der Waals surface area contributed by atoms with Gasteiger partial charge in [-0.15, -0.1) is 0 Å². The fourth-order valence-electron chi connectivity index (χ4n) is 3.16. The third-order valence-corrected chi connectivity index (χ3v) is 4.57. The number of anilines is 1. The second-order valence-electron chi connectivity index (χ2n) is 6.38. The van der Waals surface area contributed by atoms with E-state index in [2.05, 4.69) is 26.0 Å². The number of benzene rings is 1.